The maximum absolute atomic E-state index is 15.6. The van der Waals surface area contributed by atoms with Crippen LogP contribution >= 0.6 is 23.2 Å². The highest BCUT2D eigenvalue weighted by molar-refractivity contribution is 6.31. The molecule has 0 saturated carbocycles. The van der Waals surface area contributed by atoms with Crippen molar-refractivity contribution in [1.82, 2.24) is 10.6 Å². The summed E-state index contributed by atoms with van der Waals surface area (Å²) < 4.78 is 42.3. The van der Waals surface area contributed by atoms with Crippen LogP contribution in [-0.2, 0) is 14.9 Å². The van der Waals surface area contributed by atoms with E-state index in [0.29, 0.717) is 19.6 Å². The monoisotopic (exact) mass is 583 g/mol. The molecule has 2 fully saturated rings. The molecule has 39 heavy (non-hydrogen) atoms. The van der Waals surface area contributed by atoms with Crippen molar-refractivity contribution in [1.29, 1.82) is 5.26 Å². The third kappa shape index (κ3) is 5.85. The molecule has 0 bridgehead atoms. The molecular weight excluding hydrogens is 555 g/mol. The summed E-state index contributed by atoms with van der Waals surface area (Å²) in [4.78, 5) is 12.8. The molecular formula is C27H29Cl2F2N3O5. The lowest BCUT2D eigenvalue weighted by molar-refractivity contribution is -0.111. The third-order valence-corrected chi connectivity index (χ3v) is 7.90. The van der Waals surface area contributed by atoms with Crippen LogP contribution in [0.4, 0.5) is 13.6 Å². The smallest absolute Gasteiger partial charge is 0.408 e. The SMILES string of the molecule is CC1(C[C@@H]2N[C@H](OC(=O)NCC[C@H](O)CO)[C@H](c3cccc(Cl)c3F)[C@@]2(C#N)c2ccc(Cl)cc2F)COC1. The van der Waals surface area contributed by atoms with Crippen molar-refractivity contribution >= 4 is 29.3 Å². The second kappa shape index (κ2) is 11.9. The molecule has 2 aromatic carbocycles. The van der Waals surface area contributed by atoms with Crippen molar-refractivity contribution in [2.75, 3.05) is 26.4 Å². The molecule has 0 radical (unpaired) electrons. The van der Waals surface area contributed by atoms with E-state index in [4.69, 9.17) is 37.8 Å². The number of aliphatic hydroxyl groups excluding tert-OH is 2. The Labute approximate surface area is 234 Å². The van der Waals surface area contributed by atoms with Crippen LogP contribution in [-0.4, -0.2) is 61.0 Å². The Bertz CT molecular complexity index is 1260. The fourth-order valence-electron chi connectivity index (χ4n) is 5.41. The normalized spacial score (nSPS) is 26.4. The second-order valence-electron chi connectivity index (χ2n) is 10.3. The summed E-state index contributed by atoms with van der Waals surface area (Å²) in [5.41, 5.74) is -2.18. The number of benzene rings is 2. The molecule has 1 amide bonds. The quantitative estimate of drug-likeness (QED) is 0.351. The Kier molecular flexibility index (Phi) is 9.01. The van der Waals surface area contributed by atoms with Gasteiger partial charge in [-0.2, -0.15) is 5.26 Å². The summed E-state index contributed by atoms with van der Waals surface area (Å²) in [6, 6.07) is 9.67. The lowest BCUT2D eigenvalue weighted by atomic mass is 9.63. The molecule has 2 aromatic rings. The van der Waals surface area contributed by atoms with E-state index in [1.165, 1.54) is 30.3 Å². The number of hydrogen-bond donors (Lipinski definition) is 4. The van der Waals surface area contributed by atoms with Crippen LogP contribution < -0.4 is 10.6 Å². The van der Waals surface area contributed by atoms with Crippen molar-refractivity contribution in [3.05, 3.63) is 69.2 Å². The first-order valence-corrected chi connectivity index (χ1v) is 13.2. The average molecular weight is 584 g/mol. The number of nitrogens with zero attached hydrogens (tertiary/aromatic N) is 1. The van der Waals surface area contributed by atoms with Crippen molar-refractivity contribution in [2.45, 2.75) is 49.5 Å². The minimum Gasteiger partial charge on any atom is -0.430 e. The Morgan fingerprint density at radius 1 is 1.33 bits per heavy atom. The highest BCUT2D eigenvalue weighted by atomic mass is 35.5. The van der Waals surface area contributed by atoms with E-state index >= 15 is 8.78 Å². The molecule has 210 valence electrons. The van der Waals surface area contributed by atoms with Gasteiger partial charge in [-0.15, -0.1) is 0 Å². The third-order valence-electron chi connectivity index (χ3n) is 7.38. The average Bonchev–Trinajstić information content (AvgIpc) is 3.17. The highest BCUT2D eigenvalue weighted by Crippen LogP contribution is 2.53. The molecule has 0 aliphatic carbocycles. The zero-order valence-corrected chi connectivity index (χ0v) is 22.6. The fourth-order valence-corrected chi connectivity index (χ4v) is 5.75. The number of amides is 1. The summed E-state index contributed by atoms with van der Waals surface area (Å²) in [7, 11) is 0. The van der Waals surface area contributed by atoms with Gasteiger partial charge in [-0.1, -0.05) is 48.3 Å². The summed E-state index contributed by atoms with van der Waals surface area (Å²) in [6.07, 6.45) is -2.82. The van der Waals surface area contributed by atoms with Gasteiger partial charge in [0.25, 0.3) is 0 Å². The van der Waals surface area contributed by atoms with Crippen LogP contribution in [0.25, 0.3) is 0 Å². The standard InChI is InChI=1S/C27H29Cl2F2N3O5/c1-26(13-38-14-26)10-21-27(12-32,18-6-5-15(28)9-20(18)30)22(17-3-2-4-19(29)23(17)31)24(34-21)39-25(37)33-8-7-16(36)11-35/h2-6,9,16,21-22,24,34-36H,7-8,10-11,13-14H2,1H3,(H,33,37)/t16-,21-,22-,24+,27-/m0/s1. The van der Waals surface area contributed by atoms with E-state index in [9.17, 15) is 15.2 Å². The maximum atomic E-state index is 15.6. The zero-order chi connectivity index (χ0) is 28.4. The predicted molar refractivity (Wildman–Crippen MR) is 139 cm³/mol. The number of hydrogen-bond acceptors (Lipinski definition) is 7. The highest BCUT2D eigenvalue weighted by Gasteiger charge is 2.61. The number of nitrogens with one attached hydrogen (secondary N) is 2. The minimum absolute atomic E-state index is 0.0164. The zero-order valence-electron chi connectivity index (χ0n) is 21.1. The number of rotatable bonds is 9. The first-order valence-electron chi connectivity index (χ1n) is 12.4. The van der Waals surface area contributed by atoms with E-state index in [1.807, 2.05) is 6.92 Å². The molecule has 12 heteroatoms. The van der Waals surface area contributed by atoms with E-state index in [-0.39, 0.29) is 39.6 Å². The van der Waals surface area contributed by atoms with Gasteiger partial charge in [0, 0.05) is 28.6 Å². The van der Waals surface area contributed by atoms with Gasteiger partial charge in [0.1, 0.15) is 17.0 Å². The molecule has 2 saturated heterocycles. The van der Waals surface area contributed by atoms with Crippen LogP contribution in [0.2, 0.25) is 10.0 Å². The molecule has 5 atom stereocenters. The summed E-state index contributed by atoms with van der Waals surface area (Å²) in [5, 5.41) is 34.9. The van der Waals surface area contributed by atoms with Crippen LogP contribution in [0, 0.1) is 28.4 Å². The number of carbonyl (C=O) groups is 1. The van der Waals surface area contributed by atoms with E-state index in [2.05, 4.69) is 16.7 Å². The van der Waals surface area contributed by atoms with E-state index < -0.39 is 54.0 Å². The van der Waals surface area contributed by atoms with Gasteiger partial charge in [0.05, 0.1) is 42.9 Å². The Morgan fingerprint density at radius 2 is 2.08 bits per heavy atom. The van der Waals surface area contributed by atoms with Crippen molar-refractivity contribution < 1.29 is 33.3 Å². The van der Waals surface area contributed by atoms with Crippen LogP contribution in [0.1, 0.15) is 36.8 Å². The van der Waals surface area contributed by atoms with Gasteiger partial charge in [0.15, 0.2) is 6.23 Å². The van der Waals surface area contributed by atoms with Gasteiger partial charge in [-0.25, -0.2) is 13.6 Å². The summed E-state index contributed by atoms with van der Waals surface area (Å²) >= 11 is 12.1. The summed E-state index contributed by atoms with van der Waals surface area (Å²) in [6.45, 7) is 2.28. The first kappa shape index (κ1) is 29.5. The largest absolute Gasteiger partial charge is 0.430 e. The Balaban J connectivity index is 1.82. The van der Waals surface area contributed by atoms with Gasteiger partial charge in [-0.3, -0.25) is 5.32 Å². The molecule has 2 heterocycles. The molecule has 0 spiro atoms. The van der Waals surface area contributed by atoms with E-state index in [0.717, 1.165) is 6.07 Å². The lowest BCUT2D eigenvalue weighted by Crippen LogP contribution is -2.50. The number of alkyl carbamates (subject to hydrolysis) is 1. The van der Waals surface area contributed by atoms with Crippen molar-refractivity contribution in [3.63, 3.8) is 0 Å². The first-order chi connectivity index (χ1) is 18.5. The van der Waals surface area contributed by atoms with Crippen LogP contribution in [0.5, 0.6) is 0 Å². The second-order valence-corrected chi connectivity index (χ2v) is 11.2. The fraction of sp³-hybridized carbons (Fsp3) is 0.481. The molecule has 4 rings (SSSR count). The van der Waals surface area contributed by atoms with Crippen LogP contribution in [0.15, 0.2) is 36.4 Å². The Hall–Kier alpha value is -2.52. The number of ether oxygens (including phenoxy) is 2. The maximum Gasteiger partial charge on any atom is 0.408 e. The van der Waals surface area contributed by atoms with Crippen LogP contribution in [0.3, 0.4) is 0 Å². The van der Waals surface area contributed by atoms with Crippen molar-refractivity contribution in [2.24, 2.45) is 5.41 Å². The summed E-state index contributed by atoms with van der Waals surface area (Å²) in [5.74, 6) is -2.81. The van der Waals surface area contributed by atoms with Gasteiger partial charge in [0.2, 0.25) is 0 Å². The Morgan fingerprint density at radius 3 is 2.69 bits per heavy atom. The molecule has 8 nitrogen and oxygen atoms in total. The van der Waals surface area contributed by atoms with Gasteiger partial charge in [-0.05, 0) is 36.6 Å². The number of aliphatic hydroxyl groups is 2. The predicted octanol–water partition coefficient (Wildman–Crippen LogP) is 4.01. The molecule has 2 aliphatic heterocycles. The van der Waals surface area contributed by atoms with Crippen molar-refractivity contribution in [3.8, 4) is 6.07 Å². The molecule has 2 aliphatic rings. The minimum atomic E-state index is -1.75. The molecule has 4 N–H and O–H groups in total. The van der Waals surface area contributed by atoms with E-state index in [1.54, 1.807) is 0 Å². The molecule has 0 unspecified atom stereocenters. The lowest BCUT2D eigenvalue weighted by Gasteiger charge is -2.43. The van der Waals surface area contributed by atoms with Gasteiger partial charge >= 0.3 is 6.09 Å². The topological polar surface area (TPSA) is 124 Å². The number of nitriles is 1. The van der Waals surface area contributed by atoms with Gasteiger partial charge < -0.3 is 25.0 Å². The molecule has 0 aromatic heterocycles. The number of carbonyl (C=O) groups excluding carboxylic acids is 1. The number of halogens is 4.